The number of benzene rings is 3. The monoisotopic (exact) mass is 685 g/mol. The summed E-state index contributed by atoms with van der Waals surface area (Å²) in [6, 6.07) is 24.6. The van der Waals surface area contributed by atoms with Gasteiger partial charge in [0.25, 0.3) is 5.91 Å². The van der Waals surface area contributed by atoms with Crippen LogP contribution in [-0.4, -0.2) is 112 Å². The summed E-state index contributed by atoms with van der Waals surface area (Å²) in [6.45, 7) is 7.58. The van der Waals surface area contributed by atoms with Gasteiger partial charge in [0, 0.05) is 51.8 Å². The number of aromatic nitrogens is 6. The molecule has 7 rings (SSSR count). The van der Waals surface area contributed by atoms with Crippen LogP contribution in [0.15, 0.2) is 79.1 Å². The number of para-hydroxylation sites is 2. The number of nitrogens with zero attached hydrogens (tertiary/aromatic N) is 9. The van der Waals surface area contributed by atoms with E-state index in [1.165, 1.54) is 11.9 Å². The highest BCUT2D eigenvalue weighted by molar-refractivity contribution is 5.98. The molecule has 0 bridgehead atoms. The molecule has 12 nitrogen and oxygen atoms in total. The van der Waals surface area contributed by atoms with Crippen LogP contribution in [0.4, 0.5) is 5.95 Å². The number of likely N-dealkylation sites (tertiary alicyclic amines) is 1. The van der Waals surface area contributed by atoms with Crippen LogP contribution in [0.2, 0.25) is 0 Å². The van der Waals surface area contributed by atoms with Gasteiger partial charge in [0.15, 0.2) is 0 Å². The number of fused-ring (bicyclic) bond motifs is 1. The largest absolute Gasteiger partial charge is 0.496 e. The molecule has 0 aliphatic carbocycles. The molecule has 0 radical (unpaired) electrons. The van der Waals surface area contributed by atoms with Crippen molar-refractivity contribution in [2.75, 3.05) is 71.5 Å². The maximum atomic E-state index is 14.1. The summed E-state index contributed by atoms with van der Waals surface area (Å²) in [4.78, 5) is 26.2. The van der Waals surface area contributed by atoms with Gasteiger partial charge in [0.2, 0.25) is 5.95 Å². The second kappa shape index (κ2) is 15.4. The van der Waals surface area contributed by atoms with Gasteiger partial charge >= 0.3 is 0 Å². The van der Waals surface area contributed by atoms with Gasteiger partial charge in [0.1, 0.15) is 12.1 Å². The van der Waals surface area contributed by atoms with E-state index >= 15 is 0 Å². The standard InChI is InChI=1S/C36H43N9O3.ClH/c1-47-24-23-44-32-12-7-6-11-31(32)38-35(44)42-18-8-17-41(21-22-42)19-15-36(28-9-4-3-5-10-28)16-20-43(26-36)34(46)30-25-29(13-14-33(30)48-2)45-27-37-39-40-45;/h3-7,9-14,25,27H,8,15-24,26H2,1-2H3;1H. The minimum absolute atomic E-state index is 0. The van der Waals surface area contributed by atoms with Gasteiger partial charge < -0.3 is 28.7 Å². The predicted octanol–water partition coefficient (Wildman–Crippen LogP) is 4.48. The van der Waals surface area contributed by atoms with Gasteiger partial charge in [-0.15, -0.1) is 17.5 Å². The quantitative estimate of drug-likeness (QED) is 0.199. The number of rotatable bonds is 11. The lowest BCUT2D eigenvalue weighted by Crippen LogP contribution is -2.39. The van der Waals surface area contributed by atoms with E-state index in [0.717, 1.165) is 75.5 Å². The average molecular weight is 686 g/mol. The normalized spacial score (nSPS) is 18.4. The molecule has 5 aromatic rings. The molecule has 2 aliphatic heterocycles. The van der Waals surface area contributed by atoms with Crippen molar-refractivity contribution in [1.82, 2.24) is 39.6 Å². The van der Waals surface area contributed by atoms with Crippen LogP contribution < -0.4 is 9.64 Å². The van der Waals surface area contributed by atoms with E-state index in [1.807, 2.05) is 17.0 Å². The van der Waals surface area contributed by atoms with Crippen LogP contribution in [0, 0.1) is 0 Å². The highest BCUT2D eigenvalue weighted by Crippen LogP contribution is 2.39. The summed E-state index contributed by atoms with van der Waals surface area (Å²) < 4.78 is 14.9. The number of ether oxygens (including phenoxy) is 2. The highest BCUT2D eigenvalue weighted by atomic mass is 35.5. The van der Waals surface area contributed by atoms with Crippen molar-refractivity contribution >= 4 is 35.3 Å². The molecule has 2 aliphatic rings. The van der Waals surface area contributed by atoms with Gasteiger partial charge in [-0.25, -0.2) is 9.67 Å². The first kappa shape index (κ1) is 34.3. The lowest BCUT2D eigenvalue weighted by atomic mass is 9.76. The lowest BCUT2D eigenvalue weighted by molar-refractivity contribution is 0.0777. The van der Waals surface area contributed by atoms with Gasteiger partial charge in [-0.05, 0) is 78.7 Å². The highest BCUT2D eigenvalue weighted by Gasteiger charge is 2.42. The number of hydrogen-bond donors (Lipinski definition) is 0. The van der Waals surface area contributed by atoms with Crippen LogP contribution in [0.1, 0.15) is 35.2 Å². The van der Waals surface area contributed by atoms with Gasteiger partial charge in [-0.1, -0.05) is 42.5 Å². The number of hydrogen-bond acceptors (Lipinski definition) is 9. The van der Waals surface area contributed by atoms with E-state index in [1.54, 1.807) is 25.0 Å². The van der Waals surface area contributed by atoms with Crippen LogP contribution in [0.25, 0.3) is 16.7 Å². The molecule has 0 saturated carbocycles. The maximum absolute atomic E-state index is 14.1. The Labute approximate surface area is 293 Å². The van der Waals surface area contributed by atoms with Gasteiger partial charge in [-0.3, -0.25) is 4.79 Å². The van der Waals surface area contributed by atoms with E-state index < -0.39 is 0 Å². The molecule has 1 atom stereocenters. The summed E-state index contributed by atoms with van der Waals surface area (Å²) in [7, 11) is 3.34. The third-order valence-electron chi connectivity index (χ3n) is 9.99. The Morgan fingerprint density at radius 3 is 2.55 bits per heavy atom. The van der Waals surface area contributed by atoms with Crippen molar-refractivity contribution in [3.8, 4) is 11.4 Å². The molecule has 1 amide bonds. The van der Waals surface area contributed by atoms with Gasteiger partial charge in [-0.2, -0.15) is 0 Å². The molecule has 49 heavy (non-hydrogen) atoms. The SMILES string of the molecule is COCCn1c(N2CCCN(CCC3(c4ccccc4)CCN(C(=O)c4cc(-n5cnnn5)ccc4OC)C3)CC2)nc2ccccc21.Cl. The Bertz CT molecular complexity index is 1830. The lowest BCUT2D eigenvalue weighted by Gasteiger charge is -2.33. The third kappa shape index (κ3) is 7.12. The van der Waals surface area contributed by atoms with E-state index in [9.17, 15) is 4.79 Å². The third-order valence-corrected chi connectivity index (χ3v) is 9.99. The Kier molecular flexibility index (Phi) is 10.8. The van der Waals surface area contributed by atoms with Crippen molar-refractivity contribution in [3.63, 3.8) is 0 Å². The van der Waals surface area contributed by atoms with Crippen LogP contribution in [-0.2, 0) is 16.7 Å². The Morgan fingerprint density at radius 1 is 0.918 bits per heavy atom. The number of anilines is 1. The minimum atomic E-state index is -0.141. The number of imidazole rings is 1. The molecular weight excluding hydrogens is 642 g/mol. The summed E-state index contributed by atoms with van der Waals surface area (Å²) in [5.41, 5.74) is 4.54. The summed E-state index contributed by atoms with van der Waals surface area (Å²) in [6.07, 6.45) is 4.45. The molecule has 2 saturated heterocycles. The van der Waals surface area contributed by atoms with E-state index in [-0.39, 0.29) is 23.7 Å². The second-order valence-electron chi connectivity index (χ2n) is 12.7. The van der Waals surface area contributed by atoms with Crippen molar-refractivity contribution < 1.29 is 14.3 Å². The zero-order valence-electron chi connectivity index (χ0n) is 28.1. The smallest absolute Gasteiger partial charge is 0.257 e. The first-order valence-electron chi connectivity index (χ1n) is 16.8. The van der Waals surface area contributed by atoms with E-state index in [2.05, 4.69) is 84.5 Å². The first-order valence-corrected chi connectivity index (χ1v) is 16.8. The molecule has 258 valence electrons. The topological polar surface area (TPSA) is 107 Å². The number of methoxy groups -OCH3 is 2. The molecule has 4 heterocycles. The Hall–Kier alpha value is -4.52. The molecule has 2 aromatic heterocycles. The molecule has 2 fully saturated rings. The molecule has 13 heteroatoms. The minimum Gasteiger partial charge on any atom is -0.496 e. The number of halogens is 1. The van der Waals surface area contributed by atoms with Gasteiger partial charge in [0.05, 0.1) is 36.0 Å². The number of amides is 1. The van der Waals surface area contributed by atoms with Crippen molar-refractivity contribution in [3.05, 3.63) is 90.3 Å². The average Bonchev–Trinajstić information content (AvgIpc) is 3.87. The fourth-order valence-electron chi connectivity index (χ4n) is 7.35. The first-order chi connectivity index (χ1) is 23.6. The summed E-state index contributed by atoms with van der Waals surface area (Å²) >= 11 is 0. The Balaban J connectivity index is 0.00000417. The van der Waals surface area contributed by atoms with Crippen molar-refractivity contribution in [2.24, 2.45) is 0 Å². The zero-order valence-corrected chi connectivity index (χ0v) is 29.0. The van der Waals surface area contributed by atoms with Crippen LogP contribution in [0.3, 0.4) is 0 Å². The fraction of sp³-hybridized carbons (Fsp3) is 0.417. The predicted molar refractivity (Wildman–Crippen MR) is 191 cm³/mol. The number of carbonyl (C=O) groups is 1. The fourth-order valence-corrected chi connectivity index (χ4v) is 7.35. The maximum Gasteiger partial charge on any atom is 0.257 e. The molecule has 0 spiro atoms. The van der Waals surface area contributed by atoms with Crippen molar-refractivity contribution in [1.29, 1.82) is 0 Å². The van der Waals surface area contributed by atoms with E-state index in [0.29, 0.717) is 36.7 Å². The molecular formula is C36H44ClN9O3. The van der Waals surface area contributed by atoms with Crippen molar-refractivity contribution in [2.45, 2.75) is 31.2 Å². The number of carbonyl (C=O) groups excluding carboxylic acids is 1. The number of tetrazole rings is 1. The summed E-state index contributed by atoms with van der Waals surface area (Å²) in [5.74, 6) is 1.53. The van der Waals surface area contributed by atoms with Crippen LogP contribution >= 0.6 is 12.4 Å². The Morgan fingerprint density at radius 2 is 1.76 bits per heavy atom. The van der Waals surface area contributed by atoms with E-state index in [4.69, 9.17) is 14.5 Å². The molecule has 0 N–H and O–H groups in total. The molecule has 1 unspecified atom stereocenters. The van der Waals surface area contributed by atoms with Crippen LogP contribution in [0.5, 0.6) is 5.75 Å². The zero-order chi connectivity index (χ0) is 32.9. The second-order valence-corrected chi connectivity index (χ2v) is 12.7. The summed E-state index contributed by atoms with van der Waals surface area (Å²) in [5, 5.41) is 11.5. The molecule has 3 aromatic carbocycles.